The molecule has 0 saturated carbocycles. The molecule has 142 valence electrons. The van der Waals surface area contributed by atoms with Crippen LogP contribution >= 0.6 is 0 Å². The van der Waals surface area contributed by atoms with Crippen LogP contribution in [0.4, 0.5) is 4.39 Å². The van der Waals surface area contributed by atoms with Crippen molar-refractivity contribution in [2.45, 2.75) is 32.4 Å². The first-order valence-electron chi connectivity index (χ1n) is 9.66. The van der Waals surface area contributed by atoms with Gasteiger partial charge in [0.15, 0.2) is 0 Å². The lowest BCUT2D eigenvalue weighted by Gasteiger charge is -2.07. The van der Waals surface area contributed by atoms with E-state index in [-0.39, 0.29) is 0 Å². The minimum absolute atomic E-state index is 0.509. The summed E-state index contributed by atoms with van der Waals surface area (Å²) >= 11 is 0. The lowest BCUT2D eigenvalue weighted by atomic mass is 10.00. The van der Waals surface area contributed by atoms with Gasteiger partial charge in [-0.3, -0.25) is 0 Å². The maximum absolute atomic E-state index is 12.8. The molecule has 2 heteroatoms. The zero-order valence-electron chi connectivity index (χ0n) is 16.2. The van der Waals surface area contributed by atoms with Gasteiger partial charge in [-0.15, -0.1) is 0 Å². The number of unbranched alkanes of at least 4 members (excludes halogenated alkanes) is 1. The first kappa shape index (κ1) is 19.7. The van der Waals surface area contributed by atoms with Crippen LogP contribution in [0.15, 0.2) is 73.3 Å². The first-order chi connectivity index (χ1) is 13.7. The molecular formula is C26H25FO. The van der Waals surface area contributed by atoms with Crippen LogP contribution in [0.2, 0.25) is 0 Å². The molecule has 1 atom stereocenters. The number of ether oxygens (including phenoxy) is 1. The van der Waals surface area contributed by atoms with Crippen molar-refractivity contribution in [3.63, 3.8) is 0 Å². The molecule has 0 radical (unpaired) electrons. The maximum atomic E-state index is 12.8. The Labute approximate surface area is 166 Å². The zero-order chi connectivity index (χ0) is 19.8. The van der Waals surface area contributed by atoms with Gasteiger partial charge < -0.3 is 4.74 Å². The summed E-state index contributed by atoms with van der Waals surface area (Å²) in [7, 11) is 0. The van der Waals surface area contributed by atoms with Gasteiger partial charge in [0.2, 0.25) is 0 Å². The number of hydrogen-bond acceptors (Lipinski definition) is 1. The van der Waals surface area contributed by atoms with Crippen molar-refractivity contribution >= 4 is 10.8 Å². The summed E-state index contributed by atoms with van der Waals surface area (Å²) in [6.07, 6.45) is 3.11. The van der Waals surface area contributed by atoms with Crippen LogP contribution in [0.1, 0.15) is 31.7 Å². The molecule has 1 nitrogen and oxygen atoms in total. The van der Waals surface area contributed by atoms with E-state index in [1.54, 1.807) is 13.0 Å². The molecule has 0 spiro atoms. The third-order valence-electron chi connectivity index (χ3n) is 4.53. The van der Waals surface area contributed by atoms with Crippen LogP contribution in [0.3, 0.4) is 0 Å². The summed E-state index contributed by atoms with van der Waals surface area (Å²) < 4.78 is 18.3. The summed E-state index contributed by atoms with van der Waals surface area (Å²) in [5.41, 5.74) is 3.32. The van der Waals surface area contributed by atoms with Crippen molar-refractivity contribution in [2.75, 3.05) is 6.61 Å². The predicted octanol–water partition coefficient (Wildman–Crippen LogP) is 6.95. The molecule has 0 aromatic heterocycles. The molecule has 0 aliphatic rings. The average molecular weight is 372 g/mol. The highest BCUT2D eigenvalue weighted by atomic mass is 19.1. The molecule has 28 heavy (non-hydrogen) atoms. The Hall–Kier alpha value is -3.05. The normalized spacial score (nSPS) is 11.5. The van der Waals surface area contributed by atoms with Gasteiger partial charge in [0, 0.05) is 12.0 Å². The minimum Gasteiger partial charge on any atom is -0.490 e. The van der Waals surface area contributed by atoms with Crippen LogP contribution in [-0.4, -0.2) is 12.8 Å². The SMILES string of the molecule is C=CCOc1ccc(-c2ccc3cc(C#CCCCC(C)F)ccc3c2)cc1. The van der Waals surface area contributed by atoms with Gasteiger partial charge in [0.05, 0.1) is 6.17 Å². The fourth-order valence-electron chi connectivity index (χ4n) is 3.04. The third-order valence-corrected chi connectivity index (χ3v) is 4.53. The van der Waals surface area contributed by atoms with E-state index in [2.05, 4.69) is 60.9 Å². The minimum atomic E-state index is -0.743. The van der Waals surface area contributed by atoms with Crippen molar-refractivity contribution in [3.8, 4) is 28.7 Å². The predicted molar refractivity (Wildman–Crippen MR) is 116 cm³/mol. The highest BCUT2D eigenvalue weighted by molar-refractivity contribution is 5.88. The van der Waals surface area contributed by atoms with E-state index in [4.69, 9.17) is 4.74 Å². The summed E-state index contributed by atoms with van der Waals surface area (Å²) in [4.78, 5) is 0. The lowest BCUT2D eigenvalue weighted by molar-refractivity contribution is 0.336. The second-order valence-electron chi connectivity index (χ2n) is 6.88. The highest BCUT2D eigenvalue weighted by Crippen LogP contribution is 2.26. The fourth-order valence-corrected chi connectivity index (χ4v) is 3.04. The van der Waals surface area contributed by atoms with Gasteiger partial charge in [0.1, 0.15) is 12.4 Å². The topological polar surface area (TPSA) is 9.23 Å². The van der Waals surface area contributed by atoms with Crippen molar-refractivity contribution in [1.82, 2.24) is 0 Å². The quantitative estimate of drug-likeness (QED) is 0.248. The molecule has 0 N–H and O–H groups in total. The Morgan fingerprint density at radius 3 is 2.46 bits per heavy atom. The van der Waals surface area contributed by atoms with E-state index in [9.17, 15) is 4.39 Å². The first-order valence-corrected chi connectivity index (χ1v) is 9.66. The largest absolute Gasteiger partial charge is 0.490 e. The number of alkyl halides is 1. The molecule has 0 heterocycles. The van der Waals surface area contributed by atoms with Crippen molar-refractivity contribution in [1.29, 1.82) is 0 Å². The van der Waals surface area contributed by atoms with E-state index in [0.717, 1.165) is 29.7 Å². The summed E-state index contributed by atoms with van der Waals surface area (Å²) in [5, 5.41) is 2.35. The Morgan fingerprint density at radius 2 is 1.71 bits per heavy atom. The summed E-state index contributed by atoms with van der Waals surface area (Å²) in [5.74, 6) is 7.17. The zero-order valence-corrected chi connectivity index (χ0v) is 16.2. The van der Waals surface area contributed by atoms with E-state index in [1.807, 2.05) is 18.2 Å². The van der Waals surface area contributed by atoms with Crippen LogP contribution < -0.4 is 4.74 Å². The molecular weight excluding hydrogens is 347 g/mol. The molecule has 3 aromatic rings. The molecule has 0 aliphatic carbocycles. The third kappa shape index (κ3) is 5.47. The van der Waals surface area contributed by atoms with Gasteiger partial charge in [-0.1, -0.05) is 54.8 Å². The lowest BCUT2D eigenvalue weighted by Crippen LogP contribution is -1.92. The molecule has 0 bridgehead atoms. The summed E-state index contributed by atoms with van der Waals surface area (Å²) in [6, 6.07) is 20.8. The number of rotatable bonds is 7. The second-order valence-corrected chi connectivity index (χ2v) is 6.88. The number of halogens is 1. The molecule has 1 unspecified atom stereocenters. The Bertz CT molecular complexity index is 990. The van der Waals surface area contributed by atoms with Gasteiger partial charge in [-0.05, 0) is 72.0 Å². The van der Waals surface area contributed by atoms with Gasteiger partial charge in [-0.25, -0.2) is 4.39 Å². The number of fused-ring (bicyclic) bond motifs is 1. The van der Waals surface area contributed by atoms with E-state index < -0.39 is 6.17 Å². The smallest absolute Gasteiger partial charge is 0.119 e. The second kappa shape index (κ2) is 9.76. The monoisotopic (exact) mass is 372 g/mol. The van der Waals surface area contributed by atoms with Gasteiger partial charge >= 0.3 is 0 Å². The molecule has 0 saturated heterocycles. The molecule has 3 rings (SSSR count). The van der Waals surface area contributed by atoms with Gasteiger partial charge in [-0.2, -0.15) is 0 Å². The van der Waals surface area contributed by atoms with Crippen LogP contribution in [0, 0.1) is 11.8 Å². The Morgan fingerprint density at radius 1 is 1.00 bits per heavy atom. The average Bonchev–Trinajstić information content (AvgIpc) is 2.71. The number of hydrogen-bond donors (Lipinski definition) is 0. The fraction of sp³-hybridized carbons (Fsp3) is 0.231. The molecule has 3 aromatic carbocycles. The van der Waals surface area contributed by atoms with Crippen LogP contribution in [0.25, 0.3) is 21.9 Å². The van der Waals surface area contributed by atoms with Crippen LogP contribution in [-0.2, 0) is 0 Å². The summed E-state index contributed by atoms with van der Waals surface area (Å²) in [6.45, 7) is 5.76. The maximum Gasteiger partial charge on any atom is 0.119 e. The molecule has 0 fully saturated rings. The number of benzene rings is 3. The van der Waals surface area contributed by atoms with E-state index >= 15 is 0 Å². The van der Waals surface area contributed by atoms with Crippen molar-refractivity contribution in [2.24, 2.45) is 0 Å². The Kier molecular flexibility index (Phi) is 6.87. The van der Waals surface area contributed by atoms with E-state index in [0.29, 0.717) is 13.0 Å². The Balaban J connectivity index is 1.72. The van der Waals surface area contributed by atoms with Crippen LogP contribution in [0.5, 0.6) is 5.75 Å². The van der Waals surface area contributed by atoms with Crippen molar-refractivity contribution < 1.29 is 9.13 Å². The van der Waals surface area contributed by atoms with Crippen molar-refractivity contribution in [3.05, 3.63) is 78.9 Å². The van der Waals surface area contributed by atoms with E-state index in [1.165, 1.54) is 16.3 Å². The molecule has 0 amide bonds. The highest BCUT2D eigenvalue weighted by Gasteiger charge is 2.02. The molecule has 0 aliphatic heterocycles. The standard InChI is InChI=1S/C26H25FO/c1-3-17-28-26-15-13-22(14-16-26)24-12-11-23-18-21(9-10-25(23)19-24)8-6-4-5-7-20(2)27/h3,9-16,18-20H,1,4-5,7,17H2,2H3. The van der Waals surface area contributed by atoms with Gasteiger partial charge in [0.25, 0.3) is 0 Å².